The van der Waals surface area contributed by atoms with Gasteiger partial charge in [0.25, 0.3) is 0 Å². The van der Waals surface area contributed by atoms with Crippen LogP contribution in [0.3, 0.4) is 0 Å². The number of likely N-dealkylation sites (N-methyl/N-ethyl adjacent to an activating group) is 1. The number of carbonyl (C=O) groups is 1. The normalized spacial score (nSPS) is 10.1. The van der Waals surface area contributed by atoms with Gasteiger partial charge < -0.3 is 14.4 Å². The van der Waals surface area contributed by atoms with Gasteiger partial charge in [-0.2, -0.15) is 0 Å². The van der Waals surface area contributed by atoms with Gasteiger partial charge in [0.05, 0.1) is 27.1 Å². The van der Waals surface area contributed by atoms with E-state index < -0.39 is 5.97 Å². The van der Waals surface area contributed by atoms with Crippen molar-refractivity contribution in [1.29, 1.82) is 0 Å². The summed E-state index contributed by atoms with van der Waals surface area (Å²) in [5.41, 5.74) is 0. The first-order valence-electron chi connectivity index (χ1n) is 2.42. The molecule has 0 atom stereocenters. The van der Waals surface area contributed by atoms with Crippen LogP contribution < -0.4 is 5.11 Å². The van der Waals surface area contributed by atoms with E-state index in [1.54, 1.807) is 21.1 Å². The van der Waals surface area contributed by atoms with E-state index in [9.17, 15) is 9.90 Å². The van der Waals surface area contributed by atoms with Crippen molar-refractivity contribution in [3.63, 3.8) is 0 Å². The van der Waals surface area contributed by atoms with Crippen molar-refractivity contribution in [3.05, 3.63) is 0 Å². The fourth-order valence-corrected chi connectivity index (χ4v) is 0.387. The molecule has 0 aromatic carbocycles. The first kappa shape index (κ1) is 11.8. The zero-order valence-electron chi connectivity index (χ0n) is 6.18. The molecule has 0 radical (unpaired) electrons. The summed E-state index contributed by atoms with van der Waals surface area (Å²) in [6, 6.07) is 0. The summed E-state index contributed by atoms with van der Waals surface area (Å²) >= 11 is 0. The molecule has 0 rings (SSSR count). The molecule has 0 spiro atoms. The Balaban J connectivity index is 0. The number of aliphatic carboxylic acids is 1. The number of nitrogens with zero attached hydrogens (tertiary/aromatic N) is 1. The van der Waals surface area contributed by atoms with Crippen LogP contribution in [-0.4, -0.2) is 38.1 Å². The van der Waals surface area contributed by atoms with Gasteiger partial charge in [0.1, 0.15) is 6.54 Å². The minimum Gasteiger partial charge on any atom is -0.544 e. The third-order valence-corrected chi connectivity index (χ3v) is 0.603. The minimum absolute atomic E-state index is 0. The summed E-state index contributed by atoms with van der Waals surface area (Å²) in [6.07, 6.45) is 0. The van der Waals surface area contributed by atoms with Crippen LogP contribution in [0.15, 0.2) is 0 Å². The molecule has 0 saturated heterocycles. The third-order valence-electron chi connectivity index (χ3n) is 0.603. The largest absolute Gasteiger partial charge is 0.544 e. The second-order valence-electron chi connectivity index (χ2n) is 2.82. The summed E-state index contributed by atoms with van der Waals surface area (Å²) in [5.74, 6) is -1.00. The molecular formula is C5H11NO2Zn. The molecule has 0 amide bonds. The van der Waals surface area contributed by atoms with Gasteiger partial charge in [0.2, 0.25) is 0 Å². The van der Waals surface area contributed by atoms with E-state index in [2.05, 4.69) is 0 Å². The second-order valence-corrected chi connectivity index (χ2v) is 2.82. The van der Waals surface area contributed by atoms with E-state index >= 15 is 0 Å². The zero-order valence-corrected chi connectivity index (χ0v) is 9.15. The molecule has 0 N–H and O–H groups in total. The number of hydrogen-bond acceptors (Lipinski definition) is 2. The summed E-state index contributed by atoms with van der Waals surface area (Å²) in [7, 11) is 5.40. The SMILES string of the molecule is C[N+](C)(C)CC(=O)[O-].[Zn]. The Hall–Kier alpha value is 0.0534. The fraction of sp³-hybridized carbons (Fsp3) is 0.800. The van der Waals surface area contributed by atoms with Crippen LogP contribution >= 0.6 is 0 Å². The van der Waals surface area contributed by atoms with Crippen LogP contribution in [-0.2, 0) is 24.3 Å². The monoisotopic (exact) mass is 181 g/mol. The van der Waals surface area contributed by atoms with Gasteiger partial charge in [-0.3, -0.25) is 0 Å². The minimum atomic E-state index is -1.00. The number of quaternary nitrogens is 1. The summed E-state index contributed by atoms with van der Waals surface area (Å²) < 4.78 is 0.419. The van der Waals surface area contributed by atoms with Gasteiger partial charge in [0.15, 0.2) is 0 Å². The van der Waals surface area contributed by atoms with E-state index in [1.807, 2.05) is 0 Å². The molecule has 9 heavy (non-hydrogen) atoms. The molecule has 0 fully saturated rings. The van der Waals surface area contributed by atoms with Gasteiger partial charge >= 0.3 is 0 Å². The summed E-state index contributed by atoms with van der Waals surface area (Å²) in [4.78, 5) is 9.89. The zero-order chi connectivity index (χ0) is 6.78. The van der Waals surface area contributed by atoms with E-state index in [1.165, 1.54) is 0 Å². The molecule has 0 aromatic heterocycles. The molecule has 0 bridgehead atoms. The van der Waals surface area contributed by atoms with Crippen LogP contribution in [0.5, 0.6) is 0 Å². The van der Waals surface area contributed by atoms with Gasteiger partial charge in [-0.25, -0.2) is 0 Å². The second kappa shape index (κ2) is 3.96. The molecular weight excluding hydrogens is 171 g/mol. The third kappa shape index (κ3) is 11.6. The Labute approximate surface area is 68.0 Å². The predicted molar refractivity (Wildman–Crippen MR) is 27.9 cm³/mol. The molecule has 0 saturated carbocycles. The number of hydrogen-bond donors (Lipinski definition) is 0. The molecule has 0 aliphatic carbocycles. The molecule has 50 valence electrons. The van der Waals surface area contributed by atoms with E-state index in [0.717, 1.165) is 0 Å². The molecule has 0 unspecified atom stereocenters. The van der Waals surface area contributed by atoms with Crippen LogP contribution in [0.25, 0.3) is 0 Å². The summed E-state index contributed by atoms with van der Waals surface area (Å²) in [5, 5.41) is 9.89. The predicted octanol–water partition coefficient (Wildman–Crippen LogP) is -1.56. The van der Waals surface area contributed by atoms with Crippen LogP contribution in [0.2, 0.25) is 0 Å². The van der Waals surface area contributed by atoms with Gasteiger partial charge in [-0.15, -0.1) is 0 Å². The van der Waals surface area contributed by atoms with Gasteiger partial charge in [-0.05, 0) is 0 Å². The molecule has 0 aliphatic heterocycles. The van der Waals surface area contributed by atoms with Crippen molar-refractivity contribution in [1.82, 2.24) is 0 Å². The Morgan fingerprint density at radius 3 is 1.78 bits per heavy atom. The van der Waals surface area contributed by atoms with Crippen LogP contribution in [0.4, 0.5) is 0 Å². The fourth-order valence-electron chi connectivity index (χ4n) is 0.387. The average Bonchev–Trinajstić information content (AvgIpc) is 1.21. The Bertz CT molecular complexity index is 97.6. The molecule has 0 aromatic rings. The van der Waals surface area contributed by atoms with Crippen LogP contribution in [0, 0.1) is 0 Å². The van der Waals surface area contributed by atoms with E-state index in [4.69, 9.17) is 0 Å². The smallest absolute Gasteiger partial charge is 0.118 e. The molecule has 3 nitrogen and oxygen atoms in total. The topological polar surface area (TPSA) is 40.1 Å². The van der Waals surface area contributed by atoms with Crippen molar-refractivity contribution in [2.75, 3.05) is 27.7 Å². The van der Waals surface area contributed by atoms with Crippen molar-refractivity contribution in [3.8, 4) is 0 Å². The maximum absolute atomic E-state index is 9.89. The first-order chi connectivity index (χ1) is 3.42. The number of rotatable bonds is 2. The first-order valence-corrected chi connectivity index (χ1v) is 2.42. The van der Waals surface area contributed by atoms with E-state index in [0.29, 0.717) is 4.48 Å². The van der Waals surface area contributed by atoms with Crippen molar-refractivity contribution in [2.45, 2.75) is 0 Å². The van der Waals surface area contributed by atoms with Gasteiger partial charge in [-0.1, -0.05) is 0 Å². The van der Waals surface area contributed by atoms with Crippen molar-refractivity contribution >= 4 is 5.97 Å². The Morgan fingerprint density at radius 1 is 1.44 bits per heavy atom. The standard InChI is InChI=1S/C5H11NO2.Zn/c1-6(2,3)4-5(7)8;/h4H2,1-3H3;. The molecule has 0 aliphatic rings. The molecule has 4 heteroatoms. The van der Waals surface area contributed by atoms with E-state index in [-0.39, 0.29) is 26.0 Å². The van der Waals surface area contributed by atoms with Crippen LogP contribution in [0.1, 0.15) is 0 Å². The number of carboxylic acid groups (broad SMARTS) is 1. The van der Waals surface area contributed by atoms with Crippen molar-refractivity contribution in [2.24, 2.45) is 0 Å². The average molecular weight is 183 g/mol. The van der Waals surface area contributed by atoms with Gasteiger partial charge in [0, 0.05) is 19.5 Å². The maximum atomic E-state index is 9.89. The maximum Gasteiger partial charge on any atom is 0.118 e. The Morgan fingerprint density at radius 2 is 1.78 bits per heavy atom. The Kier molecular flexibility index (Phi) is 5.20. The quantitative estimate of drug-likeness (QED) is 0.383. The summed E-state index contributed by atoms with van der Waals surface area (Å²) in [6.45, 7) is 0.0694. The number of carbonyl (C=O) groups excluding carboxylic acids is 1. The number of carboxylic acids is 1. The van der Waals surface area contributed by atoms with Crippen molar-refractivity contribution < 1.29 is 33.9 Å². The molecule has 0 heterocycles.